The van der Waals surface area contributed by atoms with Crippen molar-refractivity contribution in [1.29, 1.82) is 0 Å². The molecule has 0 aromatic heterocycles. The lowest BCUT2D eigenvalue weighted by Gasteiger charge is -2.28. The first-order chi connectivity index (χ1) is 14.0. The molecule has 0 fully saturated rings. The first kappa shape index (κ1) is 20.5. The number of benzene rings is 2. The summed E-state index contributed by atoms with van der Waals surface area (Å²) in [6.45, 7) is 6.50. The minimum Gasteiger partial charge on any atom is -0.489 e. The largest absolute Gasteiger partial charge is 0.489 e. The van der Waals surface area contributed by atoms with E-state index in [1.807, 2.05) is 49.4 Å². The second kappa shape index (κ2) is 9.28. The molecule has 2 amide bonds. The van der Waals surface area contributed by atoms with Gasteiger partial charge >= 0.3 is 12.0 Å². The van der Waals surface area contributed by atoms with E-state index >= 15 is 0 Å². The third-order valence-corrected chi connectivity index (χ3v) is 4.80. The summed E-state index contributed by atoms with van der Waals surface area (Å²) in [5.41, 5.74) is 4.00. The zero-order valence-electron chi connectivity index (χ0n) is 17.0. The van der Waals surface area contributed by atoms with E-state index in [0.717, 1.165) is 17.5 Å². The van der Waals surface area contributed by atoms with Crippen LogP contribution in [0.3, 0.4) is 0 Å². The van der Waals surface area contributed by atoms with Crippen LogP contribution in [0.25, 0.3) is 0 Å². The van der Waals surface area contributed by atoms with Gasteiger partial charge in [-0.25, -0.2) is 9.59 Å². The van der Waals surface area contributed by atoms with E-state index in [4.69, 9.17) is 9.47 Å². The van der Waals surface area contributed by atoms with Crippen molar-refractivity contribution in [2.24, 2.45) is 0 Å². The highest BCUT2D eigenvalue weighted by molar-refractivity contribution is 5.95. The predicted molar refractivity (Wildman–Crippen MR) is 110 cm³/mol. The Bertz CT molecular complexity index is 919. The summed E-state index contributed by atoms with van der Waals surface area (Å²) in [6.07, 6.45) is 0.732. The quantitative estimate of drug-likeness (QED) is 0.692. The highest BCUT2D eigenvalue weighted by Crippen LogP contribution is 2.29. The summed E-state index contributed by atoms with van der Waals surface area (Å²) in [7, 11) is 0. The van der Waals surface area contributed by atoms with E-state index in [-0.39, 0.29) is 6.03 Å². The maximum atomic E-state index is 12.5. The molecular formula is C23H26N2O4. The highest BCUT2D eigenvalue weighted by atomic mass is 16.5. The van der Waals surface area contributed by atoms with E-state index in [0.29, 0.717) is 30.2 Å². The second-order valence-electron chi connectivity index (χ2n) is 6.99. The fourth-order valence-electron chi connectivity index (χ4n) is 3.18. The van der Waals surface area contributed by atoms with Crippen LogP contribution < -0.4 is 15.4 Å². The van der Waals surface area contributed by atoms with Crippen LogP contribution in [0.15, 0.2) is 59.8 Å². The summed E-state index contributed by atoms with van der Waals surface area (Å²) >= 11 is 0. The molecule has 2 aromatic rings. The number of ether oxygens (including phenoxy) is 2. The van der Waals surface area contributed by atoms with Crippen molar-refractivity contribution in [3.8, 4) is 5.75 Å². The molecule has 6 nitrogen and oxygen atoms in total. The predicted octanol–water partition coefficient (Wildman–Crippen LogP) is 4.16. The number of amides is 2. The zero-order chi connectivity index (χ0) is 20.8. The average molecular weight is 394 g/mol. The highest BCUT2D eigenvalue weighted by Gasteiger charge is 2.32. The number of hydrogen-bond donors (Lipinski definition) is 2. The minimum absolute atomic E-state index is 0.335. The molecule has 0 spiro atoms. The third-order valence-electron chi connectivity index (χ3n) is 4.80. The monoisotopic (exact) mass is 394 g/mol. The van der Waals surface area contributed by atoms with Crippen LogP contribution in [0, 0.1) is 6.92 Å². The SMILES string of the molecule is CCCOC(=O)C1=C(C)NC(=O)NC1c1ccc(OCc2ccccc2C)cc1. The molecule has 0 saturated carbocycles. The number of esters is 1. The molecule has 0 aliphatic carbocycles. The van der Waals surface area contributed by atoms with Gasteiger partial charge < -0.3 is 20.1 Å². The molecule has 2 aromatic carbocycles. The summed E-state index contributed by atoms with van der Waals surface area (Å²) in [6, 6.07) is 14.5. The molecule has 6 heteroatoms. The molecule has 2 N–H and O–H groups in total. The van der Waals surface area contributed by atoms with Crippen LogP contribution in [0.4, 0.5) is 4.79 Å². The van der Waals surface area contributed by atoms with Gasteiger partial charge in [0.25, 0.3) is 0 Å². The van der Waals surface area contributed by atoms with E-state index in [1.165, 1.54) is 5.56 Å². The molecule has 1 aliphatic rings. The minimum atomic E-state index is -0.571. The standard InChI is InChI=1S/C23H26N2O4/c1-4-13-28-22(26)20-16(3)24-23(27)25-21(20)17-9-11-19(12-10-17)29-14-18-8-6-5-7-15(18)2/h5-12,21H,4,13-14H2,1-3H3,(H2,24,25,27). The fraction of sp³-hybridized carbons (Fsp3) is 0.304. The Labute approximate surface area is 170 Å². The lowest BCUT2D eigenvalue weighted by atomic mass is 9.95. The Morgan fingerprint density at radius 1 is 1.07 bits per heavy atom. The molecule has 3 rings (SSSR count). The molecule has 1 heterocycles. The third kappa shape index (κ3) is 4.96. The smallest absolute Gasteiger partial charge is 0.338 e. The molecule has 0 bridgehead atoms. The van der Waals surface area contributed by atoms with Crippen LogP contribution in [0.1, 0.15) is 43.0 Å². The summed E-state index contributed by atoms with van der Waals surface area (Å²) in [5.74, 6) is 0.287. The van der Waals surface area contributed by atoms with Crippen molar-refractivity contribution in [2.45, 2.75) is 39.8 Å². The van der Waals surface area contributed by atoms with E-state index < -0.39 is 12.0 Å². The number of aryl methyl sites for hydroxylation is 1. The maximum Gasteiger partial charge on any atom is 0.338 e. The van der Waals surface area contributed by atoms with Crippen LogP contribution in [-0.4, -0.2) is 18.6 Å². The van der Waals surface area contributed by atoms with Crippen molar-refractivity contribution < 1.29 is 19.1 Å². The van der Waals surface area contributed by atoms with Gasteiger partial charge in [0.1, 0.15) is 12.4 Å². The molecule has 0 saturated heterocycles. The van der Waals surface area contributed by atoms with Crippen molar-refractivity contribution in [2.75, 3.05) is 6.61 Å². The molecular weight excluding hydrogens is 368 g/mol. The van der Waals surface area contributed by atoms with Gasteiger partial charge in [-0.1, -0.05) is 43.3 Å². The molecule has 1 unspecified atom stereocenters. The van der Waals surface area contributed by atoms with Crippen LogP contribution in [-0.2, 0) is 16.1 Å². The van der Waals surface area contributed by atoms with Gasteiger partial charge in [-0.05, 0) is 49.1 Å². The Hall–Kier alpha value is -3.28. The van der Waals surface area contributed by atoms with Crippen molar-refractivity contribution in [1.82, 2.24) is 10.6 Å². The number of hydrogen-bond acceptors (Lipinski definition) is 4. The van der Waals surface area contributed by atoms with Gasteiger partial charge in [0.15, 0.2) is 0 Å². The normalized spacial score (nSPS) is 16.1. The average Bonchev–Trinajstić information content (AvgIpc) is 2.71. The lowest BCUT2D eigenvalue weighted by Crippen LogP contribution is -2.45. The van der Waals surface area contributed by atoms with E-state index in [1.54, 1.807) is 6.92 Å². The molecule has 0 radical (unpaired) electrons. The summed E-state index contributed by atoms with van der Waals surface area (Å²) in [5, 5.41) is 5.45. The number of carbonyl (C=O) groups is 2. The van der Waals surface area contributed by atoms with E-state index in [2.05, 4.69) is 23.6 Å². The van der Waals surface area contributed by atoms with Crippen molar-refractivity contribution in [3.63, 3.8) is 0 Å². The Kier molecular flexibility index (Phi) is 6.54. The molecule has 1 atom stereocenters. The van der Waals surface area contributed by atoms with E-state index in [9.17, 15) is 9.59 Å². The van der Waals surface area contributed by atoms with Crippen molar-refractivity contribution in [3.05, 3.63) is 76.5 Å². The van der Waals surface area contributed by atoms with Gasteiger partial charge in [0.2, 0.25) is 0 Å². The number of urea groups is 1. The van der Waals surface area contributed by atoms with Crippen LogP contribution in [0.5, 0.6) is 5.75 Å². The van der Waals surface area contributed by atoms with Crippen molar-refractivity contribution >= 4 is 12.0 Å². The Balaban J connectivity index is 1.76. The first-order valence-electron chi connectivity index (χ1n) is 9.72. The van der Waals surface area contributed by atoms with Crippen LogP contribution >= 0.6 is 0 Å². The number of allylic oxidation sites excluding steroid dienone is 1. The maximum absolute atomic E-state index is 12.5. The summed E-state index contributed by atoms with van der Waals surface area (Å²) in [4.78, 5) is 24.5. The fourth-order valence-corrected chi connectivity index (χ4v) is 3.18. The molecule has 152 valence electrons. The second-order valence-corrected chi connectivity index (χ2v) is 6.99. The Morgan fingerprint density at radius 3 is 2.48 bits per heavy atom. The Morgan fingerprint density at radius 2 is 1.79 bits per heavy atom. The topological polar surface area (TPSA) is 76.7 Å². The zero-order valence-corrected chi connectivity index (χ0v) is 17.0. The number of carbonyl (C=O) groups excluding carboxylic acids is 2. The number of nitrogens with one attached hydrogen (secondary N) is 2. The first-order valence-corrected chi connectivity index (χ1v) is 9.72. The van der Waals surface area contributed by atoms with Crippen LogP contribution in [0.2, 0.25) is 0 Å². The van der Waals surface area contributed by atoms with Gasteiger partial charge in [0.05, 0.1) is 18.2 Å². The number of rotatable bonds is 7. The van der Waals surface area contributed by atoms with Gasteiger partial charge in [-0.3, -0.25) is 0 Å². The molecule has 1 aliphatic heterocycles. The summed E-state index contributed by atoms with van der Waals surface area (Å²) < 4.78 is 11.2. The molecule has 29 heavy (non-hydrogen) atoms. The van der Waals surface area contributed by atoms with Gasteiger partial charge in [-0.15, -0.1) is 0 Å². The lowest BCUT2D eigenvalue weighted by molar-refractivity contribution is -0.139. The van der Waals surface area contributed by atoms with Gasteiger partial charge in [0, 0.05) is 5.70 Å². The van der Waals surface area contributed by atoms with Gasteiger partial charge in [-0.2, -0.15) is 0 Å².